The Hall–Kier alpha value is -0.600. The topological polar surface area (TPSA) is 557 Å². The lowest BCUT2D eigenvalue weighted by Gasteiger charge is -2.12. The maximum Gasteiger partial charge on any atom is 0.466 e. The van der Waals surface area contributed by atoms with Gasteiger partial charge in [0.2, 0.25) is 0 Å². The van der Waals surface area contributed by atoms with Gasteiger partial charge in [0.15, 0.2) is 5.96 Å². The number of guanidine groups is 1. The highest BCUT2D eigenvalue weighted by Gasteiger charge is 2.04. The molecular weight excluding hydrogens is 692 g/mol. The van der Waals surface area contributed by atoms with Crippen LogP contribution >= 0.6 is 46.9 Å². The molecule has 0 heterocycles. The molecule has 0 radical (unpaired) electrons. The first kappa shape index (κ1) is 54.5. The number of nitrogens with two attached hydrogens (primary N) is 1. The summed E-state index contributed by atoms with van der Waals surface area (Å²) in [5, 5.41) is 14.9. The van der Waals surface area contributed by atoms with Gasteiger partial charge in [-0.25, -0.2) is 27.4 Å². The first-order chi connectivity index (χ1) is 16.0. The van der Waals surface area contributed by atoms with E-state index >= 15 is 0 Å². The van der Waals surface area contributed by atoms with E-state index in [1.165, 1.54) is 7.05 Å². The third-order valence-electron chi connectivity index (χ3n) is 0.784. The Bertz CT molecular complexity index is 721. The van der Waals surface area contributed by atoms with Gasteiger partial charge in [-0.15, -0.1) is 0 Å². The quantitative estimate of drug-likeness (QED) is 0.0716. The number of aliphatic carboxylic acids is 1. The van der Waals surface area contributed by atoms with Gasteiger partial charge in [-0.1, -0.05) is 0 Å². The molecule has 29 nitrogen and oxygen atoms in total. The Morgan fingerprint density at radius 1 is 0.538 bits per heavy atom. The van der Waals surface area contributed by atoms with E-state index < -0.39 is 52.9 Å². The molecule has 39 heavy (non-hydrogen) atoms. The van der Waals surface area contributed by atoms with Gasteiger partial charge < -0.3 is 104 Å². The predicted molar refractivity (Wildman–Crippen MR) is 118 cm³/mol. The van der Waals surface area contributed by atoms with Crippen LogP contribution in [0.2, 0.25) is 0 Å². The lowest BCUT2D eigenvalue weighted by Crippen LogP contribution is -2.36. The van der Waals surface area contributed by atoms with Crippen LogP contribution in [0.4, 0.5) is 0 Å². The van der Waals surface area contributed by atoms with E-state index in [0.717, 1.165) is 4.90 Å². The van der Waals surface area contributed by atoms with Gasteiger partial charge >= 0.3 is 52.9 Å². The summed E-state index contributed by atoms with van der Waals surface area (Å²) in [4.78, 5) is 140. The summed E-state index contributed by atoms with van der Waals surface area (Å²) in [6, 6.07) is 0. The molecule has 0 spiro atoms. The number of carboxylic acid groups (broad SMARTS) is 1. The summed E-state index contributed by atoms with van der Waals surface area (Å²) in [7, 11) is -26.4. The Morgan fingerprint density at radius 3 is 0.667 bits per heavy atom. The second-order valence-corrected chi connectivity index (χ2v) is 10.9. The van der Waals surface area contributed by atoms with E-state index in [1.54, 1.807) is 0 Å². The number of rotatable bonds is 2. The minimum Gasteiger partial charge on any atom is -0.480 e. The first-order valence-electron chi connectivity index (χ1n) is 7.00. The molecule has 0 unspecified atom stereocenters. The SMILES string of the molecule is CN(CC(=O)O)C(=N)N.O=P(O)(O)O.O=P(O)(O)O.O=P(O)(O)O.O=P(O)(O)O.O=P(O)(O)O.O=P(O)(O)O. The molecule has 0 saturated heterocycles. The van der Waals surface area contributed by atoms with Crippen LogP contribution in [0, 0.1) is 5.41 Å². The Morgan fingerprint density at radius 2 is 0.641 bits per heavy atom. The van der Waals surface area contributed by atoms with Crippen molar-refractivity contribution in [1.82, 2.24) is 4.90 Å². The highest BCUT2D eigenvalue weighted by Crippen LogP contribution is 2.27. The molecule has 35 heteroatoms. The average Bonchev–Trinajstić information content (AvgIpc) is 2.34. The van der Waals surface area contributed by atoms with E-state index in [4.69, 9.17) is 132 Å². The second-order valence-electron chi connectivity index (χ2n) is 4.71. The van der Waals surface area contributed by atoms with Gasteiger partial charge in [0.1, 0.15) is 6.54 Å². The highest BCUT2D eigenvalue weighted by atomic mass is 31.2. The van der Waals surface area contributed by atoms with Crippen LogP contribution in [-0.4, -0.2) is 124 Å². The Balaban J connectivity index is -0.0000000622. The van der Waals surface area contributed by atoms with Crippen molar-refractivity contribution in [1.29, 1.82) is 5.41 Å². The lowest BCUT2D eigenvalue weighted by molar-refractivity contribution is -0.137. The van der Waals surface area contributed by atoms with Gasteiger partial charge in [0.25, 0.3) is 0 Å². The Kier molecular flexibility index (Phi) is 33.6. The zero-order valence-corrected chi connectivity index (χ0v) is 23.6. The lowest BCUT2D eigenvalue weighted by atomic mass is 10.6. The number of nitrogens with zero attached hydrogens (tertiary/aromatic N) is 1. The third kappa shape index (κ3) is 856. The average molecular weight is 719 g/mol. The van der Waals surface area contributed by atoms with Crippen LogP contribution < -0.4 is 5.73 Å². The fraction of sp³-hybridized carbons (Fsp3) is 0.500. The monoisotopic (exact) mass is 719 g/mol. The number of carbonyl (C=O) groups is 1. The van der Waals surface area contributed by atoms with E-state index in [9.17, 15) is 4.79 Å². The van der Waals surface area contributed by atoms with Crippen LogP contribution in [-0.2, 0) is 32.2 Å². The normalized spacial score (nSPS) is 11.1. The van der Waals surface area contributed by atoms with Crippen LogP contribution in [0.25, 0.3) is 0 Å². The van der Waals surface area contributed by atoms with Crippen LogP contribution in [0.3, 0.4) is 0 Å². The third-order valence-corrected chi connectivity index (χ3v) is 0.784. The summed E-state index contributed by atoms with van der Waals surface area (Å²) in [6.45, 7) is -0.227. The van der Waals surface area contributed by atoms with Crippen molar-refractivity contribution in [3.63, 3.8) is 0 Å². The highest BCUT2D eigenvalue weighted by molar-refractivity contribution is 7.46. The molecular formula is C4H27N3O26P6. The molecule has 0 saturated carbocycles. The minimum atomic E-state index is -4.64. The summed E-state index contributed by atoms with van der Waals surface area (Å²) in [6.07, 6.45) is 0. The molecule has 0 aromatic rings. The number of hydrogen-bond donors (Lipinski definition) is 21. The zero-order chi connectivity index (χ0) is 34.4. The summed E-state index contributed by atoms with van der Waals surface area (Å²) < 4.78 is 53.3. The van der Waals surface area contributed by atoms with Crippen molar-refractivity contribution in [2.75, 3.05) is 13.6 Å². The molecule has 0 aliphatic carbocycles. The van der Waals surface area contributed by atoms with E-state index in [2.05, 4.69) is 0 Å². The minimum absolute atomic E-state index is 0.227. The van der Waals surface area contributed by atoms with Gasteiger partial charge in [-0.2, -0.15) is 0 Å². The zero-order valence-electron chi connectivity index (χ0n) is 18.3. The van der Waals surface area contributed by atoms with Crippen LogP contribution in [0.15, 0.2) is 0 Å². The first-order valence-corrected chi connectivity index (χ1v) is 16.4. The number of nitrogens with one attached hydrogen (secondary N) is 1. The number of phosphoric acid groups is 6. The van der Waals surface area contributed by atoms with Crippen molar-refractivity contribution in [2.45, 2.75) is 0 Å². The van der Waals surface area contributed by atoms with Crippen molar-refractivity contribution < 1.29 is 125 Å². The number of hydrogen-bond acceptors (Lipinski definition) is 8. The van der Waals surface area contributed by atoms with Gasteiger partial charge in [-0.3, -0.25) is 10.2 Å². The molecule has 0 aliphatic rings. The van der Waals surface area contributed by atoms with Crippen molar-refractivity contribution in [2.24, 2.45) is 5.73 Å². The maximum absolute atomic E-state index is 9.92. The molecule has 0 amide bonds. The molecule has 0 aromatic carbocycles. The number of likely N-dealkylation sites (N-methyl/N-ethyl adjacent to an activating group) is 1. The standard InChI is InChI=1S/C4H9N3O2.6H3O4P/c1-7(4(5)6)2-3(8)9;6*1-5(2,3)4/h2H2,1H3,(H3,5,6)(H,8,9);6*(H3,1,2,3,4). The molecule has 0 rings (SSSR count). The molecule has 22 N–H and O–H groups in total. The van der Waals surface area contributed by atoms with Crippen molar-refractivity contribution in [3.05, 3.63) is 0 Å². The van der Waals surface area contributed by atoms with Crippen molar-refractivity contribution >= 4 is 58.9 Å². The van der Waals surface area contributed by atoms with Crippen molar-refractivity contribution in [3.8, 4) is 0 Å². The smallest absolute Gasteiger partial charge is 0.466 e. The maximum atomic E-state index is 9.92. The summed E-state index contributed by atoms with van der Waals surface area (Å²) >= 11 is 0. The molecule has 244 valence electrons. The van der Waals surface area contributed by atoms with Crippen LogP contribution in [0.5, 0.6) is 0 Å². The largest absolute Gasteiger partial charge is 0.480 e. The molecule has 0 aliphatic heterocycles. The van der Waals surface area contributed by atoms with Gasteiger partial charge in [0.05, 0.1) is 0 Å². The fourth-order valence-corrected chi connectivity index (χ4v) is 0.288. The Labute approximate surface area is 214 Å². The molecule has 0 aromatic heterocycles. The van der Waals surface area contributed by atoms with Gasteiger partial charge in [0, 0.05) is 7.05 Å². The fourth-order valence-electron chi connectivity index (χ4n) is 0.288. The number of carboxylic acids is 1. The molecule has 0 fully saturated rings. The molecule has 0 atom stereocenters. The summed E-state index contributed by atoms with van der Waals surface area (Å²) in [5.41, 5.74) is 4.93. The second kappa shape index (κ2) is 24.0. The van der Waals surface area contributed by atoms with E-state index in [-0.39, 0.29) is 12.5 Å². The molecule has 0 bridgehead atoms. The predicted octanol–water partition coefficient (Wildman–Crippen LogP) is -6.68. The summed E-state index contributed by atoms with van der Waals surface area (Å²) in [5.74, 6) is -1.23. The van der Waals surface area contributed by atoms with E-state index in [0.29, 0.717) is 0 Å². The van der Waals surface area contributed by atoms with Crippen LogP contribution in [0.1, 0.15) is 0 Å². The van der Waals surface area contributed by atoms with E-state index in [1.807, 2.05) is 0 Å². The van der Waals surface area contributed by atoms with Gasteiger partial charge in [-0.05, 0) is 0 Å².